The number of aromatic nitrogens is 2. The normalized spacial score (nSPS) is 17.8. The van der Waals surface area contributed by atoms with E-state index in [9.17, 15) is 9.18 Å². The fraction of sp³-hybridized carbons (Fsp3) is 0.364. The molecule has 0 bridgehead atoms. The molecule has 0 atom stereocenters. The molecule has 5 nitrogen and oxygen atoms in total. The van der Waals surface area contributed by atoms with Crippen molar-refractivity contribution in [1.82, 2.24) is 19.2 Å². The Balaban J connectivity index is 1.36. The molecular formula is C22H23FN4OS. The van der Waals surface area contributed by atoms with Crippen molar-refractivity contribution >= 4 is 27.8 Å². The number of amides is 1. The van der Waals surface area contributed by atoms with Gasteiger partial charge < -0.3 is 4.90 Å². The molecule has 3 aromatic rings. The Labute approximate surface area is 173 Å². The summed E-state index contributed by atoms with van der Waals surface area (Å²) in [6.07, 6.45) is 7.28. The highest BCUT2D eigenvalue weighted by molar-refractivity contribution is 7.15. The van der Waals surface area contributed by atoms with E-state index in [0.29, 0.717) is 12.2 Å². The van der Waals surface area contributed by atoms with Crippen LogP contribution in [0.3, 0.4) is 0 Å². The average molecular weight is 411 g/mol. The second-order valence-electron chi connectivity index (χ2n) is 7.68. The van der Waals surface area contributed by atoms with Crippen LogP contribution in [0, 0.1) is 5.82 Å². The maximum atomic E-state index is 13.2. The SMILES string of the molecule is O=C(c1nc2sccn2c1CN1CC=C(c2ccc(F)cc2)CC1)N1CCCC1. The monoisotopic (exact) mass is 410 g/mol. The lowest BCUT2D eigenvalue weighted by atomic mass is 9.99. The summed E-state index contributed by atoms with van der Waals surface area (Å²) < 4.78 is 15.2. The first-order valence-electron chi connectivity index (χ1n) is 10.1. The van der Waals surface area contributed by atoms with Gasteiger partial charge in [0, 0.05) is 44.3 Å². The zero-order chi connectivity index (χ0) is 19.8. The van der Waals surface area contributed by atoms with Gasteiger partial charge in [-0.2, -0.15) is 0 Å². The lowest BCUT2D eigenvalue weighted by Gasteiger charge is -2.26. The molecule has 1 saturated heterocycles. The van der Waals surface area contributed by atoms with Gasteiger partial charge in [-0.25, -0.2) is 9.37 Å². The Bertz CT molecular complexity index is 1060. The number of carbonyl (C=O) groups excluding carboxylic acids is 1. The first-order chi connectivity index (χ1) is 14.2. The molecule has 2 aliphatic heterocycles. The van der Waals surface area contributed by atoms with E-state index in [0.717, 1.165) is 61.7 Å². The van der Waals surface area contributed by atoms with E-state index in [1.54, 1.807) is 11.3 Å². The molecule has 0 unspecified atom stereocenters. The Kier molecular flexibility index (Phi) is 4.93. The van der Waals surface area contributed by atoms with Crippen molar-refractivity contribution in [2.75, 3.05) is 26.2 Å². The Hall–Kier alpha value is -2.51. The van der Waals surface area contributed by atoms with Crippen LogP contribution >= 0.6 is 11.3 Å². The number of nitrogens with zero attached hydrogens (tertiary/aromatic N) is 4. The van der Waals surface area contributed by atoms with Gasteiger partial charge in [0.25, 0.3) is 5.91 Å². The Morgan fingerprint density at radius 3 is 2.66 bits per heavy atom. The molecule has 0 radical (unpaired) electrons. The molecule has 7 heteroatoms. The van der Waals surface area contributed by atoms with Crippen molar-refractivity contribution in [3.05, 3.63) is 64.7 Å². The van der Waals surface area contributed by atoms with Gasteiger partial charge in [-0.3, -0.25) is 14.1 Å². The average Bonchev–Trinajstić information content (AvgIpc) is 3.48. The van der Waals surface area contributed by atoms with Crippen LogP contribution in [0.15, 0.2) is 41.9 Å². The maximum absolute atomic E-state index is 13.2. The van der Waals surface area contributed by atoms with Crippen LogP contribution in [-0.2, 0) is 6.54 Å². The lowest BCUT2D eigenvalue weighted by Crippen LogP contribution is -2.32. The molecule has 0 saturated carbocycles. The standard InChI is InChI=1S/C22H23FN4OS/c23-18-5-3-16(4-6-18)17-7-11-25(12-8-17)15-19-20(21(28)26-9-1-2-10-26)24-22-27(19)13-14-29-22/h3-7,13-14H,1-2,8-12,15H2. The highest BCUT2D eigenvalue weighted by atomic mass is 32.1. The van der Waals surface area contributed by atoms with E-state index in [-0.39, 0.29) is 11.7 Å². The molecule has 0 N–H and O–H groups in total. The lowest BCUT2D eigenvalue weighted by molar-refractivity contribution is 0.0785. The molecular weight excluding hydrogens is 387 g/mol. The second kappa shape index (κ2) is 7.72. The van der Waals surface area contributed by atoms with Gasteiger partial charge in [-0.1, -0.05) is 18.2 Å². The summed E-state index contributed by atoms with van der Waals surface area (Å²) in [7, 11) is 0. The third-order valence-electron chi connectivity index (χ3n) is 5.84. The third kappa shape index (κ3) is 3.60. The fourth-order valence-electron chi connectivity index (χ4n) is 4.22. The first kappa shape index (κ1) is 18.5. The highest BCUT2D eigenvalue weighted by Gasteiger charge is 2.27. The zero-order valence-electron chi connectivity index (χ0n) is 16.2. The van der Waals surface area contributed by atoms with Crippen LogP contribution in [0.4, 0.5) is 4.39 Å². The van der Waals surface area contributed by atoms with Crippen molar-refractivity contribution in [2.24, 2.45) is 0 Å². The quantitative estimate of drug-likeness (QED) is 0.651. The van der Waals surface area contributed by atoms with Crippen molar-refractivity contribution < 1.29 is 9.18 Å². The number of fused-ring (bicyclic) bond motifs is 1. The van der Waals surface area contributed by atoms with Crippen LogP contribution in [0.2, 0.25) is 0 Å². The number of imidazole rings is 1. The highest BCUT2D eigenvalue weighted by Crippen LogP contribution is 2.26. The second-order valence-corrected chi connectivity index (χ2v) is 8.56. The molecule has 1 aromatic carbocycles. The molecule has 150 valence electrons. The minimum absolute atomic E-state index is 0.0629. The van der Waals surface area contributed by atoms with E-state index in [2.05, 4.69) is 20.4 Å². The summed E-state index contributed by atoms with van der Waals surface area (Å²) in [5.74, 6) is -0.143. The molecule has 5 rings (SSSR count). The van der Waals surface area contributed by atoms with Crippen molar-refractivity contribution in [3.8, 4) is 0 Å². The molecule has 1 amide bonds. The van der Waals surface area contributed by atoms with Gasteiger partial charge in [0.1, 0.15) is 5.82 Å². The minimum Gasteiger partial charge on any atom is -0.337 e. The Morgan fingerprint density at radius 2 is 1.93 bits per heavy atom. The molecule has 2 aliphatic rings. The number of hydrogen-bond acceptors (Lipinski definition) is 4. The summed E-state index contributed by atoms with van der Waals surface area (Å²) in [5, 5.41) is 2.01. The molecule has 4 heterocycles. The smallest absolute Gasteiger partial charge is 0.274 e. The number of likely N-dealkylation sites (tertiary alicyclic amines) is 1. The van der Waals surface area contributed by atoms with Crippen LogP contribution in [0.1, 0.15) is 41.0 Å². The van der Waals surface area contributed by atoms with Crippen LogP contribution in [0.25, 0.3) is 10.5 Å². The van der Waals surface area contributed by atoms with E-state index in [1.165, 1.54) is 17.7 Å². The topological polar surface area (TPSA) is 40.9 Å². The van der Waals surface area contributed by atoms with E-state index in [4.69, 9.17) is 0 Å². The number of benzene rings is 1. The van der Waals surface area contributed by atoms with Crippen LogP contribution in [-0.4, -0.2) is 51.3 Å². The molecule has 1 fully saturated rings. The third-order valence-corrected chi connectivity index (χ3v) is 6.60. The summed E-state index contributed by atoms with van der Waals surface area (Å²) in [6.45, 7) is 4.06. The molecule has 0 aliphatic carbocycles. The molecule has 2 aromatic heterocycles. The maximum Gasteiger partial charge on any atom is 0.274 e. The van der Waals surface area contributed by atoms with Gasteiger partial charge in [-0.05, 0) is 42.5 Å². The fourth-order valence-corrected chi connectivity index (χ4v) is 4.95. The van der Waals surface area contributed by atoms with Gasteiger partial charge in [0.2, 0.25) is 0 Å². The van der Waals surface area contributed by atoms with Gasteiger partial charge in [-0.15, -0.1) is 11.3 Å². The summed E-state index contributed by atoms with van der Waals surface area (Å²) in [4.78, 5) is 22.8. The summed E-state index contributed by atoms with van der Waals surface area (Å²) in [5.41, 5.74) is 3.92. The number of hydrogen-bond donors (Lipinski definition) is 0. The van der Waals surface area contributed by atoms with E-state index < -0.39 is 0 Å². The van der Waals surface area contributed by atoms with Gasteiger partial charge in [0.05, 0.1) is 5.69 Å². The summed E-state index contributed by atoms with van der Waals surface area (Å²) >= 11 is 1.56. The summed E-state index contributed by atoms with van der Waals surface area (Å²) in [6, 6.07) is 6.71. The predicted molar refractivity (Wildman–Crippen MR) is 112 cm³/mol. The van der Waals surface area contributed by atoms with Crippen LogP contribution < -0.4 is 0 Å². The van der Waals surface area contributed by atoms with Gasteiger partial charge in [0.15, 0.2) is 10.7 Å². The van der Waals surface area contributed by atoms with Crippen molar-refractivity contribution in [2.45, 2.75) is 25.8 Å². The van der Waals surface area contributed by atoms with E-state index in [1.807, 2.05) is 28.6 Å². The molecule has 29 heavy (non-hydrogen) atoms. The minimum atomic E-state index is -0.206. The number of halogens is 1. The van der Waals surface area contributed by atoms with Crippen LogP contribution in [0.5, 0.6) is 0 Å². The Morgan fingerprint density at radius 1 is 1.14 bits per heavy atom. The van der Waals surface area contributed by atoms with Crippen molar-refractivity contribution in [1.29, 1.82) is 0 Å². The first-order valence-corrected chi connectivity index (χ1v) is 11.0. The zero-order valence-corrected chi connectivity index (χ0v) is 17.0. The predicted octanol–water partition coefficient (Wildman–Crippen LogP) is 4.06. The van der Waals surface area contributed by atoms with Crippen molar-refractivity contribution in [3.63, 3.8) is 0 Å². The number of rotatable bonds is 4. The van der Waals surface area contributed by atoms with Gasteiger partial charge >= 0.3 is 0 Å². The largest absolute Gasteiger partial charge is 0.337 e. The number of thiazole rings is 1. The van der Waals surface area contributed by atoms with E-state index >= 15 is 0 Å². The molecule has 0 spiro atoms. The number of carbonyl (C=O) groups is 1.